The maximum atomic E-state index is 13.4. The fraction of sp³-hybridized carbons (Fsp3) is 0.280. The number of ketones is 2. The van der Waals surface area contributed by atoms with Gasteiger partial charge in [-0.15, -0.1) is 0 Å². The van der Waals surface area contributed by atoms with Crippen LogP contribution < -0.4 is 10.1 Å². The van der Waals surface area contributed by atoms with E-state index in [9.17, 15) is 9.59 Å². The number of nitrogens with one attached hydrogen (secondary N) is 1. The average molecular weight is 385 g/mol. The second-order valence-corrected chi connectivity index (χ2v) is 8.83. The van der Waals surface area contributed by atoms with E-state index in [1.165, 1.54) is 0 Å². The molecule has 0 fully saturated rings. The van der Waals surface area contributed by atoms with E-state index >= 15 is 0 Å². The highest BCUT2D eigenvalue weighted by Gasteiger charge is 2.46. The molecule has 0 radical (unpaired) electrons. The van der Waals surface area contributed by atoms with Crippen LogP contribution in [0, 0.1) is 5.41 Å². The van der Waals surface area contributed by atoms with Crippen LogP contribution >= 0.6 is 0 Å². The highest BCUT2D eigenvalue weighted by atomic mass is 16.5. The van der Waals surface area contributed by atoms with E-state index in [2.05, 4.69) is 19.2 Å². The number of dihydropyridines is 1. The van der Waals surface area contributed by atoms with E-state index in [-0.39, 0.29) is 22.9 Å². The van der Waals surface area contributed by atoms with Crippen molar-refractivity contribution in [2.45, 2.75) is 32.6 Å². The Morgan fingerprint density at radius 2 is 1.72 bits per heavy atom. The summed E-state index contributed by atoms with van der Waals surface area (Å²) in [5.74, 6) is 0.462. The molecule has 2 aliphatic carbocycles. The first-order chi connectivity index (χ1) is 13.9. The molecule has 0 unspecified atom stereocenters. The number of rotatable bonds is 2. The summed E-state index contributed by atoms with van der Waals surface area (Å²) in [6.45, 7) is 4.24. The molecular weight excluding hydrogens is 362 g/mol. The molecule has 0 aromatic heterocycles. The van der Waals surface area contributed by atoms with Crippen LogP contribution in [0.4, 0.5) is 0 Å². The van der Waals surface area contributed by atoms with Gasteiger partial charge in [0.25, 0.3) is 0 Å². The monoisotopic (exact) mass is 385 g/mol. The number of ether oxygens (including phenoxy) is 1. The Labute approximate surface area is 170 Å². The summed E-state index contributed by atoms with van der Waals surface area (Å²) in [5.41, 5.74) is 5.63. The van der Waals surface area contributed by atoms with Crippen molar-refractivity contribution in [3.63, 3.8) is 0 Å². The van der Waals surface area contributed by atoms with Gasteiger partial charge < -0.3 is 10.1 Å². The largest absolute Gasteiger partial charge is 0.497 e. The standard InChI is InChI=1S/C25H23NO3/c1-25(2)12-18-21(19(27)13-25)20(14-7-6-8-15(11-14)29-3)22-23(26-18)16-9-4-5-10-17(16)24(22)28/h4-11,20,26H,12-13H2,1-3H3/t20-/m1/s1. The van der Waals surface area contributed by atoms with Gasteiger partial charge in [0, 0.05) is 40.3 Å². The van der Waals surface area contributed by atoms with Gasteiger partial charge in [0.15, 0.2) is 11.6 Å². The Kier molecular flexibility index (Phi) is 3.82. The summed E-state index contributed by atoms with van der Waals surface area (Å²) in [7, 11) is 1.63. The number of fused-ring (bicyclic) bond motifs is 2. The molecular formula is C25H23NO3. The van der Waals surface area contributed by atoms with Crippen LogP contribution in [-0.4, -0.2) is 18.7 Å². The van der Waals surface area contributed by atoms with Crippen LogP contribution in [0.3, 0.4) is 0 Å². The fourth-order valence-corrected chi connectivity index (χ4v) is 4.94. The van der Waals surface area contributed by atoms with Crippen molar-refractivity contribution < 1.29 is 14.3 Å². The molecule has 0 amide bonds. The number of allylic oxidation sites excluding steroid dienone is 3. The van der Waals surface area contributed by atoms with Crippen LogP contribution in [0.1, 0.15) is 54.1 Å². The lowest BCUT2D eigenvalue weighted by Gasteiger charge is -2.39. The molecule has 4 heteroatoms. The quantitative estimate of drug-likeness (QED) is 0.819. The number of methoxy groups -OCH3 is 1. The van der Waals surface area contributed by atoms with Gasteiger partial charge in [0.2, 0.25) is 0 Å². The van der Waals surface area contributed by atoms with Gasteiger partial charge in [-0.25, -0.2) is 0 Å². The lowest BCUT2D eigenvalue weighted by molar-refractivity contribution is -0.118. The van der Waals surface area contributed by atoms with Gasteiger partial charge in [0.1, 0.15) is 5.75 Å². The summed E-state index contributed by atoms with van der Waals surface area (Å²) >= 11 is 0. The third-order valence-corrected chi connectivity index (χ3v) is 6.16. The third kappa shape index (κ3) is 2.66. The molecule has 29 heavy (non-hydrogen) atoms. The second-order valence-electron chi connectivity index (χ2n) is 8.83. The fourth-order valence-electron chi connectivity index (χ4n) is 4.94. The van der Waals surface area contributed by atoms with E-state index in [4.69, 9.17) is 4.74 Å². The minimum absolute atomic E-state index is 0.0000959. The molecule has 2 aromatic rings. The number of Topliss-reactive ketones (excluding diaryl/α,β-unsaturated/α-hetero) is 2. The van der Waals surface area contributed by atoms with Crippen LogP contribution in [-0.2, 0) is 4.79 Å². The van der Waals surface area contributed by atoms with Crippen molar-refractivity contribution in [3.8, 4) is 5.75 Å². The summed E-state index contributed by atoms with van der Waals surface area (Å²) < 4.78 is 5.42. The Bertz CT molecular complexity index is 1140. The first-order valence-corrected chi connectivity index (χ1v) is 9.95. The Hall–Kier alpha value is -3.14. The molecule has 0 saturated heterocycles. The summed E-state index contributed by atoms with van der Waals surface area (Å²) in [6, 6.07) is 15.4. The van der Waals surface area contributed by atoms with E-state index in [0.717, 1.165) is 40.3 Å². The van der Waals surface area contributed by atoms with E-state index in [1.807, 2.05) is 48.5 Å². The minimum atomic E-state index is -0.375. The van der Waals surface area contributed by atoms with Crippen molar-refractivity contribution >= 4 is 17.3 Å². The van der Waals surface area contributed by atoms with Gasteiger partial charge in [-0.2, -0.15) is 0 Å². The minimum Gasteiger partial charge on any atom is -0.497 e. The van der Waals surface area contributed by atoms with Gasteiger partial charge in [-0.3, -0.25) is 9.59 Å². The van der Waals surface area contributed by atoms with Gasteiger partial charge in [0.05, 0.1) is 12.8 Å². The molecule has 2 aromatic carbocycles. The summed E-state index contributed by atoms with van der Waals surface area (Å²) in [4.78, 5) is 26.7. The zero-order chi connectivity index (χ0) is 20.3. The van der Waals surface area contributed by atoms with Gasteiger partial charge >= 0.3 is 0 Å². The smallest absolute Gasteiger partial charge is 0.192 e. The Morgan fingerprint density at radius 3 is 2.48 bits per heavy atom. The maximum Gasteiger partial charge on any atom is 0.192 e. The molecule has 1 N–H and O–H groups in total. The zero-order valence-electron chi connectivity index (χ0n) is 16.8. The van der Waals surface area contributed by atoms with Gasteiger partial charge in [-0.1, -0.05) is 50.2 Å². The van der Waals surface area contributed by atoms with Gasteiger partial charge in [-0.05, 0) is 29.5 Å². The van der Waals surface area contributed by atoms with E-state index in [1.54, 1.807) is 7.11 Å². The molecule has 3 aliphatic rings. The molecule has 4 nitrogen and oxygen atoms in total. The van der Waals surface area contributed by atoms with Crippen molar-refractivity contribution in [1.29, 1.82) is 0 Å². The van der Waals surface area contributed by atoms with Crippen molar-refractivity contribution in [2.75, 3.05) is 7.11 Å². The van der Waals surface area contributed by atoms with Crippen LogP contribution in [0.2, 0.25) is 0 Å². The van der Waals surface area contributed by atoms with E-state index in [0.29, 0.717) is 17.6 Å². The SMILES string of the molecule is COc1cccc([C@@H]2C3=C(CC(C)(C)CC3=O)NC3=C2C(=O)c2ccccc23)c1. The van der Waals surface area contributed by atoms with Crippen molar-refractivity contribution in [3.05, 3.63) is 82.1 Å². The van der Waals surface area contributed by atoms with Crippen LogP contribution in [0.5, 0.6) is 5.75 Å². The van der Waals surface area contributed by atoms with Crippen LogP contribution in [0.25, 0.3) is 5.70 Å². The molecule has 5 rings (SSSR count). The molecule has 0 saturated carbocycles. The summed E-state index contributed by atoms with van der Waals surface area (Å²) in [5, 5.41) is 3.50. The lowest BCUT2D eigenvalue weighted by Crippen LogP contribution is -2.37. The molecule has 1 heterocycles. The molecule has 1 atom stereocenters. The predicted molar refractivity (Wildman–Crippen MR) is 112 cm³/mol. The van der Waals surface area contributed by atoms with Crippen molar-refractivity contribution in [2.24, 2.45) is 5.41 Å². The Balaban J connectivity index is 1.75. The normalized spacial score (nSPS) is 22.1. The molecule has 146 valence electrons. The molecule has 0 spiro atoms. The van der Waals surface area contributed by atoms with E-state index < -0.39 is 0 Å². The first-order valence-electron chi connectivity index (χ1n) is 9.95. The topological polar surface area (TPSA) is 55.4 Å². The highest BCUT2D eigenvalue weighted by molar-refractivity contribution is 6.23. The molecule has 0 bridgehead atoms. The lowest BCUT2D eigenvalue weighted by atomic mass is 9.68. The third-order valence-electron chi connectivity index (χ3n) is 6.16. The number of hydrogen-bond donors (Lipinski definition) is 1. The average Bonchev–Trinajstić information content (AvgIpc) is 2.98. The number of hydrogen-bond acceptors (Lipinski definition) is 4. The first kappa shape index (κ1) is 17.9. The second kappa shape index (κ2) is 6.18. The number of carbonyl (C=O) groups is 2. The van der Waals surface area contributed by atoms with Crippen LogP contribution in [0.15, 0.2) is 65.4 Å². The predicted octanol–water partition coefficient (Wildman–Crippen LogP) is 4.63. The highest BCUT2D eigenvalue weighted by Crippen LogP contribution is 2.51. The number of benzene rings is 2. The zero-order valence-corrected chi connectivity index (χ0v) is 16.8. The van der Waals surface area contributed by atoms with Crippen molar-refractivity contribution in [1.82, 2.24) is 5.32 Å². The Morgan fingerprint density at radius 1 is 0.966 bits per heavy atom. The summed E-state index contributed by atoms with van der Waals surface area (Å²) in [6.07, 6.45) is 1.26. The molecule has 1 aliphatic heterocycles. The maximum absolute atomic E-state index is 13.4. The number of carbonyl (C=O) groups excluding carboxylic acids is 2.